The van der Waals surface area contributed by atoms with Gasteiger partial charge in [0.2, 0.25) is 0 Å². The number of rotatable bonds is 4. The van der Waals surface area contributed by atoms with Crippen LogP contribution in [0.5, 0.6) is 0 Å². The van der Waals surface area contributed by atoms with Gasteiger partial charge >= 0.3 is 5.97 Å². The number of likely N-dealkylation sites (N-methyl/N-ethyl adjacent to an activating group) is 1. The van der Waals surface area contributed by atoms with Crippen LogP contribution in [0.1, 0.15) is 15.9 Å². The summed E-state index contributed by atoms with van der Waals surface area (Å²) in [6, 6.07) is 4.62. The minimum Gasteiger partial charge on any atom is -0.465 e. The van der Waals surface area contributed by atoms with Gasteiger partial charge in [0.25, 0.3) is 0 Å². The summed E-state index contributed by atoms with van der Waals surface area (Å²) in [5.41, 5.74) is 0.326. The smallest absolute Gasteiger partial charge is 0.340 e. The molecule has 0 saturated carbocycles. The summed E-state index contributed by atoms with van der Waals surface area (Å²) < 4.78 is 18.2. The van der Waals surface area contributed by atoms with Crippen molar-refractivity contribution in [3.05, 3.63) is 41.2 Å². The zero-order valence-corrected chi connectivity index (χ0v) is 9.29. The molecule has 0 heterocycles. The number of methoxy groups -OCH3 is 1. The molecular formula is C12H14FNO2. The third kappa shape index (κ3) is 2.90. The Hall–Kier alpha value is -1.68. The summed E-state index contributed by atoms with van der Waals surface area (Å²) >= 11 is 0. The molecule has 0 radical (unpaired) electrons. The summed E-state index contributed by atoms with van der Waals surface area (Å²) in [6.45, 7) is 0.641. The van der Waals surface area contributed by atoms with Crippen molar-refractivity contribution in [3.8, 4) is 0 Å². The third-order valence-corrected chi connectivity index (χ3v) is 2.05. The number of ether oxygens (including phenoxy) is 1. The number of hydrogen-bond acceptors (Lipinski definition) is 3. The Morgan fingerprint density at radius 1 is 1.56 bits per heavy atom. The number of benzene rings is 1. The fourth-order valence-electron chi connectivity index (χ4n) is 1.25. The molecule has 0 aliphatic heterocycles. The Bertz CT molecular complexity index is 402. The fraction of sp³-hybridized carbons (Fsp3) is 0.250. The molecule has 0 amide bonds. The monoisotopic (exact) mass is 223 g/mol. The molecule has 1 aromatic rings. The van der Waals surface area contributed by atoms with E-state index in [1.807, 2.05) is 0 Å². The summed E-state index contributed by atoms with van der Waals surface area (Å²) in [6.07, 6.45) is 3.40. The van der Waals surface area contributed by atoms with E-state index < -0.39 is 11.8 Å². The highest BCUT2D eigenvalue weighted by Crippen LogP contribution is 2.15. The number of carbonyl (C=O) groups is 1. The quantitative estimate of drug-likeness (QED) is 0.791. The van der Waals surface area contributed by atoms with Crippen molar-refractivity contribution in [2.75, 3.05) is 20.7 Å². The number of carbonyl (C=O) groups excluding carboxylic acids is 1. The van der Waals surface area contributed by atoms with Crippen molar-refractivity contribution in [1.29, 1.82) is 0 Å². The van der Waals surface area contributed by atoms with Gasteiger partial charge in [-0.15, -0.1) is 0 Å². The van der Waals surface area contributed by atoms with Crippen molar-refractivity contribution in [2.45, 2.75) is 0 Å². The number of esters is 1. The topological polar surface area (TPSA) is 38.3 Å². The summed E-state index contributed by atoms with van der Waals surface area (Å²) in [5.74, 6) is -1.22. The van der Waals surface area contributed by atoms with Crippen LogP contribution in [0.25, 0.3) is 6.08 Å². The molecule has 0 aliphatic carbocycles. The zero-order chi connectivity index (χ0) is 12.0. The van der Waals surface area contributed by atoms with E-state index in [0.717, 1.165) is 0 Å². The van der Waals surface area contributed by atoms with Gasteiger partial charge in [-0.05, 0) is 13.1 Å². The van der Waals surface area contributed by atoms with Crippen LogP contribution in [0.3, 0.4) is 0 Å². The lowest BCUT2D eigenvalue weighted by Crippen LogP contribution is -2.06. The maximum atomic E-state index is 13.8. The van der Waals surface area contributed by atoms with Crippen molar-refractivity contribution >= 4 is 12.0 Å². The van der Waals surface area contributed by atoms with Crippen LogP contribution < -0.4 is 5.32 Å². The molecule has 0 atom stereocenters. The van der Waals surface area contributed by atoms with E-state index >= 15 is 0 Å². The average molecular weight is 223 g/mol. The van der Waals surface area contributed by atoms with Crippen LogP contribution in [0.2, 0.25) is 0 Å². The van der Waals surface area contributed by atoms with Crippen LogP contribution in [-0.4, -0.2) is 26.7 Å². The lowest BCUT2D eigenvalue weighted by Gasteiger charge is -2.03. The molecule has 1 rings (SSSR count). The maximum Gasteiger partial charge on any atom is 0.340 e. The minimum atomic E-state index is -0.665. The van der Waals surface area contributed by atoms with Crippen LogP contribution in [-0.2, 0) is 4.74 Å². The molecule has 3 nitrogen and oxygen atoms in total. The first-order valence-electron chi connectivity index (χ1n) is 4.88. The fourth-order valence-corrected chi connectivity index (χ4v) is 1.25. The van der Waals surface area contributed by atoms with Gasteiger partial charge in [-0.2, -0.15) is 0 Å². The van der Waals surface area contributed by atoms with Gasteiger partial charge in [-0.25, -0.2) is 9.18 Å². The van der Waals surface area contributed by atoms with Gasteiger partial charge in [0.05, 0.1) is 12.7 Å². The van der Waals surface area contributed by atoms with E-state index in [1.54, 1.807) is 31.3 Å². The zero-order valence-electron chi connectivity index (χ0n) is 9.29. The van der Waals surface area contributed by atoms with E-state index in [-0.39, 0.29) is 5.56 Å². The lowest BCUT2D eigenvalue weighted by molar-refractivity contribution is 0.0595. The van der Waals surface area contributed by atoms with E-state index in [9.17, 15) is 9.18 Å². The maximum absolute atomic E-state index is 13.8. The number of hydrogen-bond donors (Lipinski definition) is 1. The summed E-state index contributed by atoms with van der Waals surface area (Å²) in [4.78, 5) is 11.2. The molecule has 0 fully saturated rings. The van der Waals surface area contributed by atoms with E-state index in [0.29, 0.717) is 12.1 Å². The first-order valence-corrected chi connectivity index (χ1v) is 4.88. The molecular weight excluding hydrogens is 209 g/mol. The number of halogens is 1. The molecule has 0 spiro atoms. The predicted octanol–water partition coefficient (Wildman–Crippen LogP) is 1.84. The van der Waals surface area contributed by atoms with Gasteiger partial charge < -0.3 is 10.1 Å². The highest BCUT2D eigenvalue weighted by Gasteiger charge is 2.13. The standard InChI is InChI=1S/C12H14FNO2/c1-14-8-4-6-9-5-3-7-10(11(9)13)12(15)16-2/h3-7,14H,8H2,1-2H3. The first kappa shape index (κ1) is 12.4. The second-order valence-electron chi connectivity index (χ2n) is 3.16. The Morgan fingerprint density at radius 3 is 2.94 bits per heavy atom. The van der Waals surface area contributed by atoms with Crippen molar-refractivity contribution in [1.82, 2.24) is 5.32 Å². The van der Waals surface area contributed by atoms with Crippen LogP contribution in [0, 0.1) is 5.82 Å². The molecule has 0 aromatic heterocycles. The van der Waals surface area contributed by atoms with Crippen molar-refractivity contribution in [2.24, 2.45) is 0 Å². The number of nitrogens with one attached hydrogen (secondary N) is 1. The van der Waals surface area contributed by atoms with Gasteiger partial charge in [0.15, 0.2) is 0 Å². The normalized spacial score (nSPS) is 10.7. The lowest BCUT2D eigenvalue weighted by atomic mass is 10.1. The van der Waals surface area contributed by atoms with Crippen LogP contribution >= 0.6 is 0 Å². The van der Waals surface area contributed by atoms with Crippen LogP contribution in [0.15, 0.2) is 24.3 Å². The van der Waals surface area contributed by atoms with Crippen LogP contribution in [0.4, 0.5) is 4.39 Å². The second-order valence-corrected chi connectivity index (χ2v) is 3.16. The van der Waals surface area contributed by atoms with Gasteiger partial charge in [-0.3, -0.25) is 0 Å². The molecule has 0 saturated heterocycles. The Labute approximate surface area is 93.9 Å². The van der Waals surface area contributed by atoms with Crippen molar-refractivity contribution < 1.29 is 13.9 Å². The summed E-state index contributed by atoms with van der Waals surface area (Å²) in [5, 5.41) is 2.91. The van der Waals surface area contributed by atoms with E-state index in [2.05, 4.69) is 10.1 Å². The molecule has 1 N–H and O–H groups in total. The highest BCUT2D eigenvalue weighted by molar-refractivity contribution is 5.90. The van der Waals surface area contributed by atoms with Gasteiger partial charge in [-0.1, -0.05) is 24.3 Å². The molecule has 86 valence electrons. The predicted molar refractivity (Wildman–Crippen MR) is 60.7 cm³/mol. The van der Waals surface area contributed by atoms with Gasteiger partial charge in [0.1, 0.15) is 5.82 Å². The third-order valence-electron chi connectivity index (χ3n) is 2.05. The second kappa shape index (κ2) is 6.02. The summed E-state index contributed by atoms with van der Waals surface area (Å²) in [7, 11) is 3.02. The first-order chi connectivity index (χ1) is 7.70. The highest BCUT2D eigenvalue weighted by atomic mass is 19.1. The van der Waals surface area contributed by atoms with E-state index in [4.69, 9.17) is 0 Å². The largest absolute Gasteiger partial charge is 0.465 e. The molecule has 0 bridgehead atoms. The van der Waals surface area contributed by atoms with E-state index in [1.165, 1.54) is 13.2 Å². The van der Waals surface area contributed by atoms with Gasteiger partial charge in [0, 0.05) is 12.1 Å². The Morgan fingerprint density at radius 2 is 2.31 bits per heavy atom. The SMILES string of the molecule is CNCC=Cc1cccc(C(=O)OC)c1F. The Balaban J connectivity index is 2.99. The molecule has 0 unspecified atom stereocenters. The molecule has 16 heavy (non-hydrogen) atoms. The van der Waals surface area contributed by atoms with Crippen molar-refractivity contribution in [3.63, 3.8) is 0 Å². The molecule has 1 aromatic carbocycles. The molecule has 4 heteroatoms. The average Bonchev–Trinajstić information content (AvgIpc) is 2.30. The Kier molecular flexibility index (Phi) is 4.66. The molecule has 0 aliphatic rings. The minimum absolute atomic E-state index is 0.0471.